The number of halogens is 1. The maximum atomic E-state index is 13.2. The van der Waals surface area contributed by atoms with Crippen LogP contribution in [0.5, 0.6) is 0 Å². The number of carbonyl (C=O) groups is 2. The van der Waals surface area contributed by atoms with E-state index in [-0.39, 0.29) is 10.9 Å². The fraction of sp³-hybridized carbons (Fsp3) is 0.158. The van der Waals surface area contributed by atoms with Gasteiger partial charge in [-0.2, -0.15) is 0 Å². The van der Waals surface area contributed by atoms with E-state index in [4.69, 9.17) is 4.74 Å². The summed E-state index contributed by atoms with van der Waals surface area (Å²) in [6.45, 7) is 0.867. The van der Waals surface area contributed by atoms with Gasteiger partial charge in [-0.25, -0.2) is 4.39 Å². The number of carbonyl (C=O) groups excluding carboxylic acids is 2. The van der Waals surface area contributed by atoms with Crippen molar-refractivity contribution in [2.45, 2.75) is 0 Å². The van der Waals surface area contributed by atoms with E-state index in [2.05, 4.69) is 20.8 Å². The quantitative estimate of drug-likeness (QED) is 0.595. The first-order valence-electron chi connectivity index (χ1n) is 8.35. The van der Waals surface area contributed by atoms with Gasteiger partial charge in [0.25, 0.3) is 11.8 Å². The third kappa shape index (κ3) is 4.96. The predicted molar refractivity (Wildman–Crippen MR) is 104 cm³/mol. The van der Waals surface area contributed by atoms with Crippen molar-refractivity contribution in [3.63, 3.8) is 0 Å². The highest BCUT2D eigenvalue weighted by Gasteiger charge is 2.15. The number of hydrogen-bond acceptors (Lipinski definition) is 6. The Labute approximate surface area is 164 Å². The summed E-state index contributed by atoms with van der Waals surface area (Å²) in [5.74, 6) is -1.11. The summed E-state index contributed by atoms with van der Waals surface area (Å²) in [5, 5.41) is 13.9. The zero-order chi connectivity index (χ0) is 19.9. The van der Waals surface area contributed by atoms with Crippen LogP contribution in [0.2, 0.25) is 0 Å². The maximum absolute atomic E-state index is 13.2. The Morgan fingerprint density at radius 3 is 2.61 bits per heavy atom. The highest BCUT2D eigenvalue weighted by molar-refractivity contribution is 7.16. The van der Waals surface area contributed by atoms with Crippen LogP contribution in [-0.4, -0.2) is 42.3 Å². The molecule has 0 aliphatic heterocycles. The van der Waals surface area contributed by atoms with Gasteiger partial charge in [-0.15, -0.1) is 10.2 Å². The molecule has 144 valence electrons. The van der Waals surface area contributed by atoms with Crippen molar-refractivity contribution < 1.29 is 18.7 Å². The Kier molecular flexibility index (Phi) is 6.41. The Morgan fingerprint density at radius 2 is 1.89 bits per heavy atom. The van der Waals surface area contributed by atoms with E-state index in [0.717, 1.165) is 16.9 Å². The van der Waals surface area contributed by atoms with Crippen molar-refractivity contribution in [1.82, 2.24) is 15.5 Å². The Morgan fingerprint density at radius 1 is 1.11 bits per heavy atom. The number of ether oxygens (including phenoxy) is 1. The molecule has 0 aliphatic carbocycles. The minimum Gasteiger partial charge on any atom is -0.383 e. The van der Waals surface area contributed by atoms with Gasteiger partial charge >= 0.3 is 0 Å². The van der Waals surface area contributed by atoms with E-state index >= 15 is 0 Å². The van der Waals surface area contributed by atoms with E-state index in [9.17, 15) is 14.0 Å². The smallest absolute Gasteiger partial charge is 0.286 e. The van der Waals surface area contributed by atoms with Crippen molar-refractivity contribution in [3.8, 4) is 10.6 Å². The third-order valence-electron chi connectivity index (χ3n) is 3.69. The van der Waals surface area contributed by atoms with Gasteiger partial charge in [0, 0.05) is 30.5 Å². The molecule has 0 saturated carbocycles. The first-order valence-corrected chi connectivity index (χ1v) is 9.16. The van der Waals surface area contributed by atoms with E-state index in [1.54, 1.807) is 37.4 Å². The number of aromatic nitrogens is 2. The zero-order valence-electron chi connectivity index (χ0n) is 14.9. The van der Waals surface area contributed by atoms with Crippen molar-refractivity contribution >= 4 is 28.8 Å². The largest absolute Gasteiger partial charge is 0.383 e. The van der Waals surface area contributed by atoms with Crippen LogP contribution in [0.15, 0.2) is 48.5 Å². The molecule has 2 aromatic carbocycles. The van der Waals surface area contributed by atoms with E-state index in [1.807, 2.05) is 0 Å². The van der Waals surface area contributed by atoms with Crippen LogP contribution in [0.4, 0.5) is 10.1 Å². The van der Waals surface area contributed by atoms with Gasteiger partial charge in [0.2, 0.25) is 5.01 Å². The SMILES string of the molecule is COCCNC(=O)c1ccc(-c2nnc(C(=O)Nc3cccc(F)c3)s2)cc1. The number of methoxy groups -OCH3 is 1. The van der Waals surface area contributed by atoms with Gasteiger partial charge in [0.05, 0.1) is 6.61 Å². The normalized spacial score (nSPS) is 10.5. The molecule has 0 aliphatic rings. The molecule has 0 atom stereocenters. The first kappa shape index (κ1) is 19.6. The summed E-state index contributed by atoms with van der Waals surface area (Å²) < 4.78 is 18.1. The minimum absolute atomic E-state index is 0.153. The summed E-state index contributed by atoms with van der Waals surface area (Å²) in [4.78, 5) is 24.2. The first-order chi connectivity index (χ1) is 13.6. The molecule has 28 heavy (non-hydrogen) atoms. The lowest BCUT2D eigenvalue weighted by atomic mass is 10.1. The van der Waals surface area contributed by atoms with Gasteiger partial charge in [-0.05, 0) is 30.3 Å². The number of nitrogens with zero attached hydrogens (tertiary/aromatic N) is 2. The van der Waals surface area contributed by atoms with Crippen LogP contribution in [0, 0.1) is 5.82 Å². The second-order valence-corrected chi connectivity index (χ2v) is 6.68. The predicted octanol–water partition coefficient (Wildman–Crippen LogP) is 2.97. The molecule has 2 amide bonds. The number of nitrogens with one attached hydrogen (secondary N) is 2. The Balaban J connectivity index is 1.66. The molecule has 7 nitrogen and oxygen atoms in total. The van der Waals surface area contributed by atoms with Gasteiger partial charge in [0.1, 0.15) is 10.8 Å². The number of amides is 2. The highest BCUT2D eigenvalue weighted by Crippen LogP contribution is 2.24. The summed E-state index contributed by atoms with van der Waals surface area (Å²) in [6.07, 6.45) is 0. The van der Waals surface area contributed by atoms with Crippen LogP contribution < -0.4 is 10.6 Å². The van der Waals surface area contributed by atoms with Gasteiger partial charge in [-0.3, -0.25) is 9.59 Å². The Hall–Kier alpha value is -3.17. The van der Waals surface area contributed by atoms with Crippen molar-refractivity contribution in [2.75, 3.05) is 25.6 Å². The van der Waals surface area contributed by atoms with Crippen LogP contribution in [0.25, 0.3) is 10.6 Å². The fourth-order valence-electron chi connectivity index (χ4n) is 2.32. The van der Waals surface area contributed by atoms with Crippen molar-refractivity contribution in [3.05, 3.63) is 64.9 Å². The third-order valence-corrected chi connectivity index (χ3v) is 4.66. The van der Waals surface area contributed by atoms with Crippen LogP contribution >= 0.6 is 11.3 Å². The summed E-state index contributed by atoms with van der Waals surface area (Å²) >= 11 is 1.10. The molecule has 9 heteroatoms. The minimum atomic E-state index is -0.469. The van der Waals surface area contributed by atoms with Gasteiger partial charge < -0.3 is 15.4 Å². The number of rotatable bonds is 7. The number of hydrogen-bond donors (Lipinski definition) is 2. The molecule has 0 bridgehead atoms. The molecule has 0 fully saturated rings. The molecule has 0 radical (unpaired) electrons. The molecule has 3 aromatic rings. The van der Waals surface area contributed by atoms with Crippen LogP contribution in [-0.2, 0) is 4.74 Å². The van der Waals surface area contributed by atoms with E-state index in [1.165, 1.54) is 18.2 Å². The Bertz CT molecular complexity index is 975. The molecular formula is C19H17FN4O3S. The van der Waals surface area contributed by atoms with Crippen molar-refractivity contribution in [1.29, 1.82) is 0 Å². The molecule has 0 saturated heterocycles. The monoisotopic (exact) mass is 400 g/mol. The lowest BCUT2D eigenvalue weighted by Gasteiger charge is -2.04. The molecule has 0 spiro atoms. The van der Waals surface area contributed by atoms with Crippen molar-refractivity contribution in [2.24, 2.45) is 0 Å². The number of benzene rings is 2. The molecular weight excluding hydrogens is 383 g/mol. The standard InChI is InChI=1S/C19H17FN4O3S/c1-27-10-9-21-16(25)12-5-7-13(8-6-12)18-23-24-19(28-18)17(26)22-15-4-2-3-14(20)11-15/h2-8,11H,9-10H2,1H3,(H,21,25)(H,22,26). The molecule has 3 rings (SSSR count). The summed E-state index contributed by atoms with van der Waals surface area (Å²) in [5.41, 5.74) is 1.58. The number of anilines is 1. The highest BCUT2D eigenvalue weighted by atomic mass is 32.1. The lowest BCUT2D eigenvalue weighted by molar-refractivity contribution is 0.0936. The lowest BCUT2D eigenvalue weighted by Crippen LogP contribution is -2.26. The maximum Gasteiger partial charge on any atom is 0.286 e. The molecule has 2 N–H and O–H groups in total. The van der Waals surface area contributed by atoms with Gasteiger partial charge in [0.15, 0.2) is 0 Å². The fourth-order valence-corrected chi connectivity index (χ4v) is 3.06. The van der Waals surface area contributed by atoms with Crippen LogP contribution in [0.1, 0.15) is 20.2 Å². The average molecular weight is 400 g/mol. The van der Waals surface area contributed by atoms with Gasteiger partial charge in [-0.1, -0.05) is 29.5 Å². The zero-order valence-corrected chi connectivity index (χ0v) is 15.8. The summed E-state index contributed by atoms with van der Waals surface area (Å²) in [6, 6.07) is 12.4. The second-order valence-electron chi connectivity index (χ2n) is 5.70. The van der Waals surface area contributed by atoms with Crippen LogP contribution in [0.3, 0.4) is 0 Å². The molecule has 1 heterocycles. The topological polar surface area (TPSA) is 93.2 Å². The molecule has 0 unspecified atom stereocenters. The average Bonchev–Trinajstić information content (AvgIpc) is 3.19. The molecule has 1 aromatic heterocycles. The summed E-state index contributed by atoms with van der Waals surface area (Å²) in [7, 11) is 1.57. The van der Waals surface area contributed by atoms with E-state index in [0.29, 0.717) is 29.4 Å². The van der Waals surface area contributed by atoms with E-state index < -0.39 is 11.7 Å². The second kappa shape index (κ2) is 9.16.